The highest BCUT2D eigenvalue weighted by atomic mass is 19.2. The fourth-order valence-corrected chi connectivity index (χ4v) is 9.15. The van der Waals surface area contributed by atoms with Crippen LogP contribution >= 0.6 is 0 Å². The molecule has 0 spiro atoms. The van der Waals surface area contributed by atoms with E-state index >= 15 is 52.7 Å². The highest BCUT2D eigenvalue weighted by Crippen LogP contribution is 2.46. The largest absolute Gasteiger partial charge is 0.484 e. The second-order valence-electron chi connectivity index (χ2n) is 16.6. The molecule has 0 fully saturated rings. The predicted molar refractivity (Wildman–Crippen MR) is 230 cm³/mol. The van der Waals surface area contributed by atoms with E-state index in [1.807, 2.05) is 0 Å². The van der Waals surface area contributed by atoms with Crippen LogP contribution in [0.1, 0.15) is 40.6 Å². The molecule has 2 aliphatic heterocycles. The fraction of sp³-hybridized carbons (Fsp3) is 0.0800. The van der Waals surface area contributed by atoms with Gasteiger partial charge in [0.05, 0.1) is 50.1 Å². The summed E-state index contributed by atoms with van der Waals surface area (Å²) in [4.78, 5) is 25.4. The number of aromatic nitrogens is 4. The summed E-state index contributed by atoms with van der Waals surface area (Å²) in [7, 11) is 0. The first-order valence-electron chi connectivity index (χ1n) is 20.9. The van der Waals surface area contributed by atoms with Gasteiger partial charge in [0.15, 0.2) is 69.8 Å². The molecule has 4 aromatic carbocycles. The Balaban J connectivity index is 1.36. The van der Waals surface area contributed by atoms with Gasteiger partial charge in [0, 0.05) is 44.3 Å². The molecule has 9 aromatic rings. The molecule has 7 heterocycles. The number of aromatic amines is 3. The summed E-state index contributed by atoms with van der Waals surface area (Å²) in [6.45, 7) is 1.71. The van der Waals surface area contributed by atoms with Crippen LogP contribution in [0.4, 0.5) is 65.9 Å². The third-order valence-corrected chi connectivity index (χ3v) is 12.5. The second kappa shape index (κ2) is 16.3. The van der Waals surface area contributed by atoms with Gasteiger partial charge < -0.3 is 24.1 Å². The van der Waals surface area contributed by atoms with E-state index in [1.165, 1.54) is 12.1 Å². The Morgan fingerprint density at radius 3 is 1.46 bits per heavy atom. The van der Waals surface area contributed by atoms with E-state index in [2.05, 4.69) is 19.9 Å². The molecule has 2 aliphatic rings. The molecule has 3 N–H and O–H groups in total. The summed E-state index contributed by atoms with van der Waals surface area (Å²) in [5, 5.41) is 0.278. The third kappa shape index (κ3) is 6.63. The lowest BCUT2D eigenvalue weighted by molar-refractivity contribution is 0.178. The predicted octanol–water partition coefficient (Wildman–Crippen LogP) is 14.3. The van der Waals surface area contributed by atoms with Crippen LogP contribution in [0.2, 0.25) is 0 Å². The van der Waals surface area contributed by atoms with Gasteiger partial charge in [-0.25, -0.2) is 75.6 Å². The van der Waals surface area contributed by atoms with E-state index < -0.39 is 166 Å². The molecule has 22 heteroatoms. The number of ether oxygens (including phenoxy) is 1. The van der Waals surface area contributed by atoms with E-state index in [4.69, 9.17) is 9.15 Å². The maximum absolute atomic E-state index is 16.4. The molecule has 7 nitrogen and oxygen atoms in total. The zero-order valence-corrected chi connectivity index (χ0v) is 35.6. The van der Waals surface area contributed by atoms with Gasteiger partial charge >= 0.3 is 5.63 Å². The molecule has 0 aliphatic carbocycles. The van der Waals surface area contributed by atoms with E-state index in [0.717, 1.165) is 36.4 Å². The molecule has 0 saturated carbocycles. The Bertz CT molecular complexity index is 4070. The third-order valence-electron chi connectivity index (χ3n) is 12.5. The quantitative estimate of drug-likeness (QED) is 0.0708. The van der Waals surface area contributed by atoms with Gasteiger partial charge in [-0.1, -0.05) is 11.6 Å². The molecule has 5 aromatic heterocycles. The van der Waals surface area contributed by atoms with Crippen LogP contribution in [0.15, 0.2) is 57.7 Å². The molecular weight excluding hydrogens is 990 g/mol. The molecule has 0 saturated heterocycles. The van der Waals surface area contributed by atoms with Gasteiger partial charge in [-0.15, -0.1) is 0 Å². The average molecular weight is 1010 g/mol. The number of halogens is 15. The molecule has 1 atom stereocenters. The lowest BCUT2D eigenvalue weighted by Gasteiger charge is -2.26. The summed E-state index contributed by atoms with van der Waals surface area (Å²) < 4.78 is 243. The zero-order valence-electron chi connectivity index (χ0n) is 35.6. The number of nitrogens with one attached hydrogen (secondary N) is 3. The van der Waals surface area contributed by atoms with Crippen molar-refractivity contribution in [3.63, 3.8) is 0 Å². The summed E-state index contributed by atoms with van der Waals surface area (Å²) in [5.41, 5.74) is -12.6. The van der Waals surface area contributed by atoms with Crippen molar-refractivity contribution < 1.29 is 75.0 Å². The number of benzene rings is 4. The maximum Gasteiger partial charge on any atom is 0.343 e. The first-order valence-corrected chi connectivity index (χ1v) is 20.9. The highest BCUT2D eigenvalue weighted by molar-refractivity contribution is 6.02. The Hall–Kier alpha value is -8.43. The van der Waals surface area contributed by atoms with Crippen molar-refractivity contribution in [1.29, 1.82) is 0 Å². The Morgan fingerprint density at radius 1 is 0.486 bits per heavy atom. The number of nitrogens with zero attached hydrogens (tertiary/aromatic N) is 1. The Labute approximate surface area is 389 Å². The smallest absolute Gasteiger partial charge is 0.343 e. The number of rotatable bonds is 4. The molecule has 364 valence electrons. The van der Waals surface area contributed by atoms with Crippen molar-refractivity contribution in [3.05, 3.63) is 174 Å². The van der Waals surface area contributed by atoms with E-state index in [1.54, 1.807) is 19.1 Å². The fourth-order valence-electron chi connectivity index (χ4n) is 9.15. The van der Waals surface area contributed by atoms with Crippen molar-refractivity contribution in [2.75, 3.05) is 0 Å². The van der Waals surface area contributed by atoms with Crippen molar-refractivity contribution in [1.82, 2.24) is 19.9 Å². The maximum atomic E-state index is 16.4. The molecule has 72 heavy (non-hydrogen) atoms. The summed E-state index contributed by atoms with van der Waals surface area (Å²) in [6, 6.07) is 9.34. The number of hydrogen-bond acceptors (Lipinski definition) is 4. The normalized spacial score (nSPS) is 14.0. The number of aryl methyl sites for hydroxylation is 1. The number of H-pyrrole nitrogens is 3. The van der Waals surface area contributed by atoms with Crippen LogP contribution in [0.5, 0.6) is 5.75 Å². The van der Waals surface area contributed by atoms with E-state index in [9.17, 15) is 18.0 Å². The van der Waals surface area contributed by atoms with Gasteiger partial charge in [-0.2, -0.15) is 0 Å². The van der Waals surface area contributed by atoms with Crippen molar-refractivity contribution in [3.8, 4) is 39.1 Å². The number of fused-ring (bicyclic) bond motifs is 12. The standard InChI is InChI=1S/C50H21F15N4O3/c1-14-2-10-26-17(12-14)49-15(50(70)72-26)3-11-25(71-49)16-13-24-18-4-5-19(66-18)27(30-33(51)39(57)45(63)40(58)34(30)52)20-6-7-21(67-20)28(31-35(53)41(59)46(64)42(60)36(31)54)22-8-9-23(68-22)29(48(16)69-24)32-37(55)43(61)47(65)44(62)38(32)56/h2,4-10,12-13,25,67-69H,3,11H2,1H3. The first-order chi connectivity index (χ1) is 34.3. The van der Waals surface area contributed by atoms with Crippen molar-refractivity contribution >= 4 is 56.2 Å². The molecule has 1 unspecified atom stereocenters. The van der Waals surface area contributed by atoms with Crippen LogP contribution in [0, 0.1) is 94.2 Å². The Kier molecular flexibility index (Phi) is 10.4. The molecule has 8 bridgehead atoms. The van der Waals surface area contributed by atoms with Crippen LogP contribution in [-0.2, 0) is 6.42 Å². The topological polar surface area (TPSA) is 99.7 Å². The lowest BCUT2D eigenvalue weighted by Crippen LogP contribution is -2.21. The van der Waals surface area contributed by atoms with Gasteiger partial charge in [-0.05, 0) is 74.4 Å². The average Bonchev–Trinajstić information content (AvgIpc) is 4.23. The van der Waals surface area contributed by atoms with Crippen molar-refractivity contribution in [2.24, 2.45) is 0 Å². The summed E-state index contributed by atoms with van der Waals surface area (Å²) >= 11 is 0. The Morgan fingerprint density at radius 2 is 0.931 bits per heavy atom. The van der Waals surface area contributed by atoms with Gasteiger partial charge in [0.2, 0.25) is 17.5 Å². The molecule has 0 radical (unpaired) electrons. The van der Waals surface area contributed by atoms with Crippen molar-refractivity contribution in [2.45, 2.75) is 25.9 Å². The molecular formula is C50H21F15N4O3. The molecule has 11 rings (SSSR count). The second-order valence-corrected chi connectivity index (χ2v) is 16.6. The van der Waals surface area contributed by atoms with Crippen LogP contribution < -0.4 is 10.4 Å². The van der Waals surface area contributed by atoms with Crippen LogP contribution in [0.3, 0.4) is 0 Å². The minimum absolute atomic E-state index is 0.0284. The van der Waals surface area contributed by atoms with Crippen LogP contribution in [-0.4, -0.2) is 19.9 Å². The van der Waals surface area contributed by atoms with Gasteiger partial charge in [0.25, 0.3) is 0 Å². The molecule has 0 amide bonds. The first kappa shape index (κ1) is 46.0. The monoisotopic (exact) mass is 1010 g/mol. The summed E-state index contributed by atoms with van der Waals surface area (Å²) in [6.07, 6.45) is 0.474. The minimum Gasteiger partial charge on any atom is -0.484 e. The zero-order chi connectivity index (χ0) is 51.1. The summed E-state index contributed by atoms with van der Waals surface area (Å²) in [5.74, 6) is -37.2. The van der Waals surface area contributed by atoms with Gasteiger partial charge in [-0.3, -0.25) is 0 Å². The van der Waals surface area contributed by atoms with E-state index in [0.29, 0.717) is 5.56 Å². The van der Waals surface area contributed by atoms with Gasteiger partial charge in [0.1, 0.15) is 17.4 Å². The van der Waals surface area contributed by atoms with E-state index in [-0.39, 0.29) is 51.9 Å². The number of hydrogen-bond donors (Lipinski definition) is 3. The minimum atomic E-state index is -2.63. The highest BCUT2D eigenvalue weighted by Gasteiger charge is 2.35. The van der Waals surface area contributed by atoms with Crippen LogP contribution in [0.25, 0.3) is 89.6 Å². The SMILES string of the molecule is Cc1ccc2oc(=O)c3c(c2c1)OC(c1cc2[nH]c1c(-c1c(F)c(F)c(F)c(F)c1F)c1ccc([nH]1)c(-c1c(F)c(F)c(F)c(F)c1F)c1ccc([nH]1)c(-c1c(F)c(F)c(F)c(F)c1F)c1nc2C=C1)CC3. The lowest BCUT2D eigenvalue weighted by atomic mass is 9.94.